The number of hydrogen-bond donors (Lipinski definition) is 1. The van der Waals surface area contributed by atoms with Crippen molar-refractivity contribution >= 4 is 12.0 Å². The van der Waals surface area contributed by atoms with E-state index in [0.29, 0.717) is 13.0 Å². The Bertz CT molecular complexity index is 433. The molecule has 0 aliphatic carbocycles. The summed E-state index contributed by atoms with van der Waals surface area (Å²) in [4.78, 5) is 26.2. The van der Waals surface area contributed by atoms with Gasteiger partial charge in [0.15, 0.2) is 0 Å². The molecule has 2 saturated heterocycles. The standard InChI is InChI=1S/C13H19F3N2O3/c1-12(10(19)20)4-7-18(8-12)11(21)17-5-2-9(3-6-17)13(14,15)16/h9H,2-8H2,1H3,(H,19,20). The number of carboxylic acid groups (broad SMARTS) is 1. The van der Waals surface area contributed by atoms with E-state index in [1.54, 1.807) is 6.92 Å². The van der Waals surface area contributed by atoms with E-state index >= 15 is 0 Å². The van der Waals surface area contributed by atoms with Gasteiger partial charge in [0.05, 0.1) is 11.3 Å². The summed E-state index contributed by atoms with van der Waals surface area (Å²) >= 11 is 0. The van der Waals surface area contributed by atoms with Crippen LogP contribution in [0, 0.1) is 11.3 Å². The highest BCUT2D eigenvalue weighted by Crippen LogP contribution is 2.35. The van der Waals surface area contributed by atoms with E-state index in [0.717, 1.165) is 0 Å². The molecule has 2 aliphatic rings. The van der Waals surface area contributed by atoms with Gasteiger partial charge in [-0.25, -0.2) is 4.79 Å². The van der Waals surface area contributed by atoms with E-state index < -0.39 is 23.5 Å². The Morgan fingerprint density at radius 3 is 2.14 bits per heavy atom. The topological polar surface area (TPSA) is 60.9 Å². The summed E-state index contributed by atoms with van der Waals surface area (Å²) in [7, 11) is 0. The monoisotopic (exact) mass is 308 g/mol. The second kappa shape index (κ2) is 5.38. The van der Waals surface area contributed by atoms with Crippen LogP contribution in [0.15, 0.2) is 0 Å². The third-order valence-electron chi connectivity index (χ3n) is 4.49. The van der Waals surface area contributed by atoms with Gasteiger partial charge >= 0.3 is 18.2 Å². The summed E-state index contributed by atoms with van der Waals surface area (Å²) in [6, 6.07) is -0.347. The minimum atomic E-state index is -4.20. The van der Waals surface area contributed by atoms with Crippen molar-refractivity contribution in [3.05, 3.63) is 0 Å². The van der Waals surface area contributed by atoms with Gasteiger partial charge in [-0.3, -0.25) is 4.79 Å². The van der Waals surface area contributed by atoms with Crippen LogP contribution in [0.1, 0.15) is 26.2 Å². The lowest BCUT2D eigenvalue weighted by molar-refractivity contribution is -0.183. The zero-order chi connectivity index (χ0) is 15.8. The minimum absolute atomic E-state index is 0.0727. The van der Waals surface area contributed by atoms with Crippen LogP contribution in [-0.2, 0) is 4.79 Å². The van der Waals surface area contributed by atoms with Gasteiger partial charge in [-0.15, -0.1) is 0 Å². The molecule has 8 heteroatoms. The molecule has 21 heavy (non-hydrogen) atoms. The zero-order valence-corrected chi connectivity index (χ0v) is 11.8. The average Bonchev–Trinajstić information content (AvgIpc) is 2.81. The fourth-order valence-corrected chi connectivity index (χ4v) is 2.90. The van der Waals surface area contributed by atoms with Crippen LogP contribution in [0.5, 0.6) is 0 Å². The molecule has 0 aromatic rings. The van der Waals surface area contributed by atoms with Crippen LogP contribution in [0.3, 0.4) is 0 Å². The van der Waals surface area contributed by atoms with E-state index in [9.17, 15) is 22.8 Å². The second-order valence-electron chi connectivity index (χ2n) is 6.12. The maximum Gasteiger partial charge on any atom is 0.391 e. The number of carbonyl (C=O) groups is 2. The van der Waals surface area contributed by atoms with Gasteiger partial charge in [0.25, 0.3) is 0 Å². The summed E-state index contributed by atoms with van der Waals surface area (Å²) < 4.78 is 37.7. The van der Waals surface area contributed by atoms with Crippen LogP contribution in [0.25, 0.3) is 0 Å². The molecule has 0 bridgehead atoms. The Hall–Kier alpha value is -1.47. The number of aliphatic carboxylic acids is 1. The number of rotatable bonds is 1. The average molecular weight is 308 g/mol. The van der Waals surface area contributed by atoms with Crippen LogP contribution < -0.4 is 0 Å². The summed E-state index contributed by atoms with van der Waals surface area (Å²) in [5.41, 5.74) is -0.958. The second-order valence-corrected chi connectivity index (χ2v) is 6.12. The predicted molar refractivity (Wildman–Crippen MR) is 67.7 cm³/mol. The zero-order valence-electron chi connectivity index (χ0n) is 11.8. The fraction of sp³-hybridized carbons (Fsp3) is 0.846. The number of hydrogen-bond acceptors (Lipinski definition) is 2. The van der Waals surface area contributed by atoms with Crippen LogP contribution in [-0.4, -0.2) is 59.3 Å². The molecule has 1 atom stereocenters. The molecule has 0 aromatic heterocycles. The van der Waals surface area contributed by atoms with Crippen LogP contribution in [0.4, 0.5) is 18.0 Å². The SMILES string of the molecule is CC1(C(=O)O)CCN(C(=O)N2CCC(C(F)(F)F)CC2)C1. The Balaban J connectivity index is 1.90. The first-order valence-electron chi connectivity index (χ1n) is 6.97. The number of amides is 2. The lowest BCUT2D eigenvalue weighted by atomic mass is 9.90. The van der Waals surface area contributed by atoms with Crippen molar-refractivity contribution in [1.82, 2.24) is 9.80 Å². The van der Waals surface area contributed by atoms with Crippen molar-refractivity contribution in [2.24, 2.45) is 11.3 Å². The van der Waals surface area contributed by atoms with Gasteiger partial charge in [0.1, 0.15) is 0 Å². The van der Waals surface area contributed by atoms with E-state index in [1.165, 1.54) is 9.80 Å². The molecule has 2 aliphatic heterocycles. The lowest BCUT2D eigenvalue weighted by Gasteiger charge is -2.35. The van der Waals surface area contributed by atoms with Gasteiger partial charge < -0.3 is 14.9 Å². The highest BCUT2D eigenvalue weighted by Gasteiger charge is 2.45. The van der Waals surface area contributed by atoms with Crippen molar-refractivity contribution < 1.29 is 27.9 Å². The van der Waals surface area contributed by atoms with E-state index in [4.69, 9.17) is 5.11 Å². The maximum absolute atomic E-state index is 12.6. The highest BCUT2D eigenvalue weighted by atomic mass is 19.4. The third-order valence-corrected chi connectivity index (χ3v) is 4.49. The molecule has 0 spiro atoms. The van der Waals surface area contributed by atoms with Gasteiger partial charge in [0.2, 0.25) is 0 Å². The Kier molecular flexibility index (Phi) is 4.08. The van der Waals surface area contributed by atoms with E-state index in [-0.39, 0.29) is 38.5 Å². The van der Waals surface area contributed by atoms with Gasteiger partial charge in [0, 0.05) is 26.2 Å². The van der Waals surface area contributed by atoms with E-state index in [2.05, 4.69) is 0 Å². The molecule has 0 radical (unpaired) electrons. The number of carbonyl (C=O) groups excluding carboxylic acids is 1. The van der Waals surface area contributed by atoms with Crippen LogP contribution >= 0.6 is 0 Å². The third kappa shape index (κ3) is 3.24. The molecule has 2 heterocycles. The Morgan fingerprint density at radius 1 is 1.14 bits per heavy atom. The van der Waals surface area contributed by atoms with Crippen LogP contribution in [0.2, 0.25) is 0 Å². The van der Waals surface area contributed by atoms with Gasteiger partial charge in [-0.05, 0) is 26.2 Å². The predicted octanol–water partition coefficient (Wildman–Crippen LogP) is 2.18. The molecule has 2 fully saturated rings. The molecule has 0 aromatic carbocycles. The summed E-state index contributed by atoms with van der Waals surface area (Å²) in [5.74, 6) is -2.29. The number of piperidine rings is 1. The molecule has 1 unspecified atom stereocenters. The molecule has 0 saturated carbocycles. The largest absolute Gasteiger partial charge is 0.481 e. The number of likely N-dealkylation sites (tertiary alicyclic amines) is 2. The summed E-state index contributed by atoms with van der Waals surface area (Å²) in [6.07, 6.45) is -4.00. The first-order valence-corrected chi connectivity index (χ1v) is 6.97. The lowest BCUT2D eigenvalue weighted by Crippen LogP contribution is -2.48. The van der Waals surface area contributed by atoms with Crippen molar-refractivity contribution in [3.8, 4) is 0 Å². The number of urea groups is 1. The van der Waals surface area contributed by atoms with Crippen molar-refractivity contribution in [2.45, 2.75) is 32.4 Å². The first-order chi connectivity index (χ1) is 9.63. The molecular formula is C13H19F3N2O3. The fourth-order valence-electron chi connectivity index (χ4n) is 2.90. The van der Waals surface area contributed by atoms with Crippen molar-refractivity contribution in [3.63, 3.8) is 0 Å². The quantitative estimate of drug-likeness (QED) is 0.807. The molecule has 2 rings (SSSR count). The Morgan fingerprint density at radius 2 is 1.71 bits per heavy atom. The van der Waals surface area contributed by atoms with Gasteiger partial charge in [-0.2, -0.15) is 13.2 Å². The summed E-state index contributed by atoms with van der Waals surface area (Å²) in [6.45, 7) is 2.17. The molecule has 2 amide bonds. The van der Waals surface area contributed by atoms with Crippen molar-refractivity contribution in [1.29, 1.82) is 0 Å². The summed E-state index contributed by atoms with van der Waals surface area (Å²) in [5, 5.41) is 9.13. The van der Waals surface area contributed by atoms with Gasteiger partial charge in [-0.1, -0.05) is 0 Å². The molecule has 5 nitrogen and oxygen atoms in total. The maximum atomic E-state index is 12.6. The van der Waals surface area contributed by atoms with E-state index in [1.807, 2.05) is 0 Å². The highest BCUT2D eigenvalue weighted by molar-refractivity contribution is 5.79. The Labute approximate surface area is 120 Å². The number of nitrogens with zero attached hydrogens (tertiary/aromatic N) is 2. The minimum Gasteiger partial charge on any atom is -0.481 e. The normalized spacial score (nSPS) is 28.0. The first kappa shape index (κ1) is 15.9. The number of halogens is 3. The van der Waals surface area contributed by atoms with Crippen molar-refractivity contribution in [2.75, 3.05) is 26.2 Å². The smallest absolute Gasteiger partial charge is 0.391 e. The molecular weight excluding hydrogens is 289 g/mol. The molecule has 1 N–H and O–H groups in total. The number of carboxylic acids is 1. The molecule has 120 valence electrons. The number of alkyl halides is 3.